The second-order valence-corrected chi connectivity index (χ2v) is 10.4. The molecule has 6 rings (SSSR count). The Balaban J connectivity index is 1.40. The summed E-state index contributed by atoms with van der Waals surface area (Å²) in [5.41, 5.74) is 7.55. The van der Waals surface area contributed by atoms with Gasteiger partial charge in [0, 0.05) is 62.2 Å². The van der Waals surface area contributed by atoms with Gasteiger partial charge in [0.1, 0.15) is 0 Å². The average Bonchev–Trinajstić information content (AvgIpc) is 3.47. The number of rotatable bonds is 3. The molecular weight excluding hydrogens is 438 g/mol. The number of likely N-dealkylation sites (tertiary alicyclic amines) is 1. The number of benzene rings is 1. The molecule has 0 radical (unpaired) electrons. The van der Waals surface area contributed by atoms with Gasteiger partial charge in [0.15, 0.2) is 5.82 Å². The second kappa shape index (κ2) is 8.82. The Morgan fingerprint density at radius 1 is 1.03 bits per heavy atom. The molecule has 1 amide bonds. The largest absolute Gasteiger partial charge is 0.338 e. The highest BCUT2D eigenvalue weighted by molar-refractivity contribution is 5.76. The molecule has 1 aromatic carbocycles. The fraction of sp³-hybridized carbons (Fsp3) is 0.519. The summed E-state index contributed by atoms with van der Waals surface area (Å²) in [6.07, 6.45) is 9.30. The van der Waals surface area contributed by atoms with Crippen LogP contribution in [0.3, 0.4) is 0 Å². The normalized spacial score (nSPS) is 19.1. The van der Waals surface area contributed by atoms with Crippen molar-refractivity contribution in [2.24, 2.45) is 7.05 Å². The summed E-state index contributed by atoms with van der Waals surface area (Å²) in [6, 6.07) is 7.22. The zero-order valence-corrected chi connectivity index (χ0v) is 21.1. The standard InChI is InChI=1S/C27H35N7O/c1-19(35)32-14-10-26-24(18-32)27(29-34(26)23-8-12-30(2)13-9-23)33-11-4-5-21-15-20(6-7-25(21)33)22-16-28-31(3)17-22/h6-7,15-17,23H,4-5,8-14,18H2,1-3H3. The first-order valence-corrected chi connectivity index (χ1v) is 12.9. The quantitative estimate of drug-likeness (QED) is 0.582. The predicted octanol–water partition coefficient (Wildman–Crippen LogP) is 3.54. The van der Waals surface area contributed by atoms with Crippen molar-refractivity contribution in [2.45, 2.75) is 51.6 Å². The number of carbonyl (C=O) groups excluding carboxylic acids is 1. The SMILES string of the molecule is CC(=O)N1CCc2c(c(N3CCCc4cc(-c5cnn(C)c5)ccc43)nn2C2CCN(C)CC2)C1. The summed E-state index contributed by atoms with van der Waals surface area (Å²) in [5.74, 6) is 1.20. The van der Waals surface area contributed by atoms with Crippen LogP contribution in [-0.4, -0.2) is 68.5 Å². The van der Waals surface area contributed by atoms with Gasteiger partial charge in [0.2, 0.25) is 5.91 Å². The van der Waals surface area contributed by atoms with E-state index in [1.807, 2.05) is 22.8 Å². The number of amides is 1. The third-order valence-electron chi connectivity index (χ3n) is 8.04. The van der Waals surface area contributed by atoms with E-state index in [0.717, 1.165) is 69.7 Å². The molecule has 2 aromatic heterocycles. The minimum Gasteiger partial charge on any atom is -0.338 e. The zero-order chi connectivity index (χ0) is 24.1. The molecule has 3 aromatic rings. The van der Waals surface area contributed by atoms with Gasteiger partial charge in [-0.25, -0.2) is 0 Å². The lowest BCUT2D eigenvalue weighted by molar-refractivity contribution is -0.129. The Hall–Kier alpha value is -3.13. The molecule has 0 N–H and O–H groups in total. The predicted molar refractivity (Wildman–Crippen MR) is 137 cm³/mol. The van der Waals surface area contributed by atoms with Gasteiger partial charge in [0.05, 0.1) is 18.8 Å². The van der Waals surface area contributed by atoms with E-state index in [-0.39, 0.29) is 5.91 Å². The number of aromatic nitrogens is 4. The Morgan fingerprint density at radius 2 is 1.86 bits per heavy atom. The van der Waals surface area contributed by atoms with Crippen molar-refractivity contribution >= 4 is 17.4 Å². The lowest BCUT2D eigenvalue weighted by Crippen LogP contribution is -2.36. The van der Waals surface area contributed by atoms with Crippen LogP contribution < -0.4 is 4.90 Å². The van der Waals surface area contributed by atoms with E-state index >= 15 is 0 Å². The highest BCUT2D eigenvalue weighted by Crippen LogP contribution is 2.40. The van der Waals surface area contributed by atoms with Crippen molar-refractivity contribution in [3.8, 4) is 11.1 Å². The summed E-state index contributed by atoms with van der Waals surface area (Å²) in [6.45, 7) is 6.30. The molecule has 0 spiro atoms. The number of aryl methyl sites for hydroxylation is 2. The van der Waals surface area contributed by atoms with Gasteiger partial charge in [-0.1, -0.05) is 6.07 Å². The maximum atomic E-state index is 12.3. The molecule has 5 heterocycles. The summed E-state index contributed by atoms with van der Waals surface area (Å²) in [4.78, 5) is 19.1. The van der Waals surface area contributed by atoms with E-state index in [1.165, 1.54) is 28.1 Å². The van der Waals surface area contributed by atoms with Crippen LogP contribution in [0.2, 0.25) is 0 Å². The van der Waals surface area contributed by atoms with Crippen LogP contribution in [-0.2, 0) is 31.2 Å². The van der Waals surface area contributed by atoms with Crippen molar-refractivity contribution in [1.82, 2.24) is 29.4 Å². The van der Waals surface area contributed by atoms with Crippen molar-refractivity contribution in [1.29, 1.82) is 0 Å². The number of carbonyl (C=O) groups is 1. The average molecular weight is 474 g/mol. The maximum Gasteiger partial charge on any atom is 0.219 e. The Kier molecular flexibility index (Phi) is 5.63. The lowest BCUT2D eigenvalue weighted by atomic mass is 9.96. The van der Waals surface area contributed by atoms with Crippen molar-refractivity contribution in [2.75, 3.05) is 38.1 Å². The summed E-state index contributed by atoms with van der Waals surface area (Å²) >= 11 is 0. The molecule has 3 aliphatic rings. The van der Waals surface area contributed by atoms with Crippen LogP contribution in [0, 0.1) is 0 Å². The van der Waals surface area contributed by atoms with E-state index in [2.05, 4.69) is 51.0 Å². The molecule has 0 bridgehead atoms. The molecule has 3 aliphatic heterocycles. The van der Waals surface area contributed by atoms with Gasteiger partial charge in [-0.2, -0.15) is 10.2 Å². The number of anilines is 2. The van der Waals surface area contributed by atoms with Crippen LogP contribution >= 0.6 is 0 Å². The van der Waals surface area contributed by atoms with E-state index in [1.54, 1.807) is 6.92 Å². The molecule has 8 nitrogen and oxygen atoms in total. The Morgan fingerprint density at radius 3 is 2.60 bits per heavy atom. The van der Waals surface area contributed by atoms with Crippen molar-refractivity contribution in [3.05, 3.63) is 47.4 Å². The van der Waals surface area contributed by atoms with Crippen LogP contribution in [0.1, 0.15) is 49.0 Å². The minimum absolute atomic E-state index is 0.147. The third kappa shape index (κ3) is 4.03. The number of fused-ring (bicyclic) bond motifs is 2. The molecule has 0 aliphatic carbocycles. The van der Waals surface area contributed by atoms with Gasteiger partial charge in [-0.3, -0.25) is 14.2 Å². The van der Waals surface area contributed by atoms with Gasteiger partial charge >= 0.3 is 0 Å². The van der Waals surface area contributed by atoms with E-state index < -0.39 is 0 Å². The van der Waals surface area contributed by atoms with E-state index in [4.69, 9.17) is 5.10 Å². The second-order valence-electron chi connectivity index (χ2n) is 10.4. The van der Waals surface area contributed by atoms with Gasteiger partial charge in [0.25, 0.3) is 0 Å². The molecule has 184 valence electrons. The van der Waals surface area contributed by atoms with Crippen LogP contribution in [0.25, 0.3) is 11.1 Å². The van der Waals surface area contributed by atoms with Gasteiger partial charge in [-0.15, -0.1) is 0 Å². The van der Waals surface area contributed by atoms with Crippen molar-refractivity contribution in [3.63, 3.8) is 0 Å². The smallest absolute Gasteiger partial charge is 0.219 e. The molecule has 8 heteroatoms. The highest BCUT2D eigenvalue weighted by atomic mass is 16.2. The lowest BCUT2D eigenvalue weighted by Gasteiger charge is -2.33. The zero-order valence-electron chi connectivity index (χ0n) is 21.1. The molecule has 0 atom stereocenters. The van der Waals surface area contributed by atoms with E-state index in [0.29, 0.717) is 12.6 Å². The Bertz CT molecular complexity index is 1250. The van der Waals surface area contributed by atoms with Gasteiger partial charge in [-0.05, 0) is 69.1 Å². The first-order valence-electron chi connectivity index (χ1n) is 12.9. The molecular formula is C27H35N7O. The Labute approximate surface area is 207 Å². The molecule has 0 unspecified atom stereocenters. The van der Waals surface area contributed by atoms with E-state index in [9.17, 15) is 4.79 Å². The fourth-order valence-electron chi connectivity index (χ4n) is 6.02. The number of hydrogen-bond donors (Lipinski definition) is 0. The first kappa shape index (κ1) is 22.3. The molecule has 35 heavy (non-hydrogen) atoms. The van der Waals surface area contributed by atoms with Crippen LogP contribution in [0.15, 0.2) is 30.6 Å². The van der Waals surface area contributed by atoms with Crippen LogP contribution in [0.5, 0.6) is 0 Å². The minimum atomic E-state index is 0.147. The third-order valence-corrected chi connectivity index (χ3v) is 8.04. The van der Waals surface area contributed by atoms with Crippen molar-refractivity contribution < 1.29 is 4.79 Å². The summed E-state index contributed by atoms with van der Waals surface area (Å²) < 4.78 is 4.19. The topological polar surface area (TPSA) is 62.4 Å². The maximum absolute atomic E-state index is 12.3. The first-order chi connectivity index (χ1) is 17.0. The summed E-state index contributed by atoms with van der Waals surface area (Å²) in [7, 11) is 4.16. The number of piperidine rings is 1. The highest BCUT2D eigenvalue weighted by Gasteiger charge is 2.33. The monoisotopic (exact) mass is 473 g/mol. The molecule has 0 saturated carbocycles. The van der Waals surface area contributed by atoms with Crippen LogP contribution in [0.4, 0.5) is 11.5 Å². The van der Waals surface area contributed by atoms with Gasteiger partial charge < -0.3 is 14.7 Å². The fourth-order valence-corrected chi connectivity index (χ4v) is 6.02. The molecule has 1 fully saturated rings. The summed E-state index contributed by atoms with van der Waals surface area (Å²) in [5, 5.41) is 9.66. The molecule has 1 saturated heterocycles. The number of hydrogen-bond acceptors (Lipinski definition) is 5. The number of nitrogens with zero attached hydrogens (tertiary/aromatic N) is 7.